The first-order valence-electron chi connectivity index (χ1n) is 6.19. The second kappa shape index (κ2) is 7.13. The molecule has 1 atom stereocenters. The molecule has 0 fully saturated rings. The monoisotopic (exact) mass is 250 g/mol. The van der Waals surface area contributed by atoms with Gasteiger partial charge in [-0.1, -0.05) is 12.1 Å². The molecule has 18 heavy (non-hydrogen) atoms. The number of aryl methyl sites for hydroxylation is 1. The fourth-order valence-corrected chi connectivity index (χ4v) is 1.60. The Morgan fingerprint density at radius 3 is 2.83 bits per heavy atom. The number of hydrogen-bond acceptors (Lipinski definition) is 3. The zero-order valence-electron chi connectivity index (χ0n) is 11.3. The number of amides is 1. The lowest BCUT2D eigenvalue weighted by Crippen LogP contribution is -2.16. The molecule has 0 spiro atoms. The lowest BCUT2D eigenvalue weighted by atomic mass is 10.1. The fraction of sp³-hybridized carbons (Fsp3) is 0.500. The van der Waals surface area contributed by atoms with Crippen LogP contribution in [0.25, 0.3) is 0 Å². The average molecular weight is 250 g/mol. The van der Waals surface area contributed by atoms with E-state index in [1.165, 1.54) is 0 Å². The number of anilines is 1. The van der Waals surface area contributed by atoms with E-state index in [9.17, 15) is 4.79 Å². The number of methoxy groups -OCH3 is 1. The zero-order valence-corrected chi connectivity index (χ0v) is 11.3. The molecule has 0 aliphatic rings. The molecule has 0 heterocycles. The van der Waals surface area contributed by atoms with Crippen molar-refractivity contribution in [1.29, 1.82) is 0 Å². The molecule has 0 bridgehead atoms. The van der Waals surface area contributed by atoms with E-state index < -0.39 is 0 Å². The number of nitrogens with two attached hydrogens (primary N) is 1. The number of carbonyl (C=O) groups is 1. The molecular weight excluding hydrogens is 228 g/mol. The minimum absolute atomic E-state index is 0.0103. The van der Waals surface area contributed by atoms with E-state index in [0.717, 1.165) is 23.2 Å². The molecule has 4 heteroatoms. The highest BCUT2D eigenvalue weighted by atomic mass is 16.5. The van der Waals surface area contributed by atoms with Crippen LogP contribution in [-0.2, 0) is 16.1 Å². The molecule has 0 aliphatic carbocycles. The van der Waals surface area contributed by atoms with E-state index in [1.54, 1.807) is 7.11 Å². The van der Waals surface area contributed by atoms with Gasteiger partial charge in [0.05, 0.1) is 6.10 Å². The van der Waals surface area contributed by atoms with Crippen molar-refractivity contribution in [2.75, 3.05) is 12.4 Å². The fourth-order valence-electron chi connectivity index (χ4n) is 1.60. The Labute approximate surface area is 109 Å². The van der Waals surface area contributed by atoms with Crippen LogP contribution in [0.1, 0.15) is 30.9 Å². The lowest BCUT2D eigenvalue weighted by Gasteiger charge is -2.12. The van der Waals surface area contributed by atoms with Crippen molar-refractivity contribution in [1.82, 2.24) is 0 Å². The second-order valence-corrected chi connectivity index (χ2v) is 4.49. The third-order valence-corrected chi connectivity index (χ3v) is 2.99. The Balaban J connectivity index is 2.58. The Morgan fingerprint density at radius 2 is 2.22 bits per heavy atom. The number of rotatable bonds is 6. The standard InChI is InChI=1S/C14H22N2O2/c1-10-4-6-12(9-15)8-13(10)16-14(17)7-5-11(2)18-3/h4,6,8,11H,5,7,9,15H2,1-3H3,(H,16,17). The minimum atomic E-state index is 0.0103. The van der Waals surface area contributed by atoms with Crippen LogP contribution in [0.4, 0.5) is 5.69 Å². The molecule has 1 amide bonds. The Hall–Kier alpha value is -1.39. The van der Waals surface area contributed by atoms with Crippen molar-refractivity contribution >= 4 is 11.6 Å². The molecule has 1 unspecified atom stereocenters. The summed E-state index contributed by atoms with van der Waals surface area (Å²) in [4.78, 5) is 11.8. The summed E-state index contributed by atoms with van der Waals surface area (Å²) >= 11 is 0. The van der Waals surface area contributed by atoms with Crippen molar-refractivity contribution in [3.63, 3.8) is 0 Å². The molecule has 0 aliphatic heterocycles. The minimum Gasteiger partial charge on any atom is -0.382 e. The van der Waals surface area contributed by atoms with E-state index in [1.807, 2.05) is 32.0 Å². The van der Waals surface area contributed by atoms with Crippen molar-refractivity contribution in [3.05, 3.63) is 29.3 Å². The predicted molar refractivity (Wildman–Crippen MR) is 73.4 cm³/mol. The van der Waals surface area contributed by atoms with Gasteiger partial charge in [-0.25, -0.2) is 0 Å². The van der Waals surface area contributed by atoms with Crippen molar-refractivity contribution in [2.24, 2.45) is 5.73 Å². The normalized spacial score (nSPS) is 12.2. The third kappa shape index (κ3) is 4.47. The van der Waals surface area contributed by atoms with Gasteiger partial charge in [-0.3, -0.25) is 4.79 Å². The first-order valence-corrected chi connectivity index (χ1v) is 6.19. The van der Waals surface area contributed by atoms with Crippen LogP contribution >= 0.6 is 0 Å². The van der Waals surface area contributed by atoms with Gasteiger partial charge in [0, 0.05) is 25.8 Å². The highest BCUT2D eigenvalue weighted by Crippen LogP contribution is 2.17. The van der Waals surface area contributed by atoms with E-state index in [0.29, 0.717) is 13.0 Å². The zero-order chi connectivity index (χ0) is 13.5. The summed E-state index contributed by atoms with van der Waals surface area (Å²) in [5.74, 6) is 0.0103. The van der Waals surface area contributed by atoms with Gasteiger partial charge in [0.25, 0.3) is 0 Å². The van der Waals surface area contributed by atoms with Gasteiger partial charge in [-0.05, 0) is 37.5 Å². The van der Waals surface area contributed by atoms with Gasteiger partial charge in [0.15, 0.2) is 0 Å². The largest absolute Gasteiger partial charge is 0.382 e. The van der Waals surface area contributed by atoms with Gasteiger partial charge in [-0.2, -0.15) is 0 Å². The average Bonchev–Trinajstić information content (AvgIpc) is 2.38. The smallest absolute Gasteiger partial charge is 0.224 e. The van der Waals surface area contributed by atoms with Gasteiger partial charge < -0.3 is 15.8 Å². The van der Waals surface area contributed by atoms with Crippen LogP contribution in [-0.4, -0.2) is 19.1 Å². The van der Waals surface area contributed by atoms with Crippen LogP contribution in [0.2, 0.25) is 0 Å². The van der Waals surface area contributed by atoms with Gasteiger partial charge >= 0.3 is 0 Å². The molecule has 4 nitrogen and oxygen atoms in total. The maximum atomic E-state index is 11.8. The summed E-state index contributed by atoms with van der Waals surface area (Å²) in [7, 11) is 1.65. The molecule has 3 N–H and O–H groups in total. The van der Waals surface area contributed by atoms with Crippen molar-refractivity contribution in [2.45, 2.75) is 39.3 Å². The van der Waals surface area contributed by atoms with Crippen LogP contribution in [0.5, 0.6) is 0 Å². The summed E-state index contributed by atoms with van der Waals surface area (Å²) in [6, 6.07) is 5.86. The van der Waals surface area contributed by atoms with E-state index >= 15 is 0 Å². The van der Waals surface area contributed by atoms with Gasteiger partial charge in [0.1, 0.15) is 0 Å². The van der Waals surface area contributed by atoms with E-state index in [-0.39, 0.29) is 12.0 Å². The van der Waals surface area contributed by atoms with Crippen molar-refractivity contribution < 1.29 is 9.53 Å². The number of ether oxygens (including phenoxy) is 1. The number of benzene rings is 1. The molecule has 1 aromatic rings. The van der Waals surface area contributed by atoms with Gasteiger partial charge in [0.2, 0.25) is 5.91 Å². The molecular formula is C14H22N2O2. The summed E-state index contributed by atoms with van der Waals surface area (Å²) < 4.78 is 5.11. The number of nitrogens with one attached hydrogen (secondary N) is 1. The molecule has 0 saturated carbocycles. The Kier molecular flexibility index (Phi) is 5.82. The summed E-state index contributed by atoms with van der Waals surface area (Å²) in [5.41, 5.74) is 8.48. The first-order chi connectivity index (χ1) is 8.56. The Bertz CT molecular complexity index is 405. The van der Waals surface area contributed by atoms with Crippen LogP contribution < -0.4 is 11.1 Å². The molecule has 100 valence electrons. The Morgan fingerprint density at radius 1 is 1.50 bits per heavy atom. The summed E-state index contributed by atoms with van der Waals surface area (Å²) in [5, 5.41) is 2.91. The van der Waals surface area contributed by atoms with Gasteiger partial charge in [-0.15, -0.1) is 0 Å². The highest BCUT2D eigenvalue weighted by Gasteiger charge is 2.08. The SMILES string of the molecule is COC(C)CCC(=O)Nc1cc(CN)ccc1C. The summed E-state index contributed by atoms with van der Waals surface area (Å²) in [6.07, 6.45) is 1.28. The summed E-state index contributed by atoms with van der Waals surface area (Å²) in [6.45, 7) is 4.39. The quantitative estimate of drug-likeness (QED) is 0.813. The molecule has 0 aromatic heterocycles. The topological polar surface area (TPSA) is 64.3 Å². The maximum absolute atomic E-state index is 11.8. The molecule has 0 radical (unpaired) electrons. The second-order valence-electron chi connectivity index (χ2n) is 4.49. The lowest BCUT2D eigenvalue weighted by molar-refractivity contribution is -0.116. The molecule has 1 aromatic carbocycles. The van der Waals surface area contributed by atoms with Crippen LogP contribution in [0.3, 0.4) is 0 Å². The third-order valence-electron chi connectivity index (χ3n) is 2.99. The van der Waals surface area contributed by atoms with Crippen molar-refractivity contribution in [3.8, 4) is 0 Å². The highest BCUT2D eigenvalue weighted by molar-refractivity contribution is 5.91. The van der Waals surface area contributed by atoms with Crippen LogP contribution in [0, 0.1) is 6.92 Å². The molecule has 0 saturated heterocycles. The predicted octanol–water partition coefficient (Wildman–Crippen LogP) is 2.21. The number of hydrogen-bond donors (Lipinski definition) is 2. The first kappa shape index (κ1) is 14.7. The van der Waals surface area contributed by atoms with E-state index in [2.05, 4.69) is 5.32 Å². The number of carbonyl (C=O) groups excluding carboxylic acids is 1. The van der Waals surface area contributed by atoms with E-state index in [4.69, 9.17) is 10.5 Å². The van der Waals surface area contributed by atoms with Crippen LogP contribution in [0.15, 0.2) is 18.2 Å². The maximum Gasteiger partial charge on any atom is 0.224 e. The molecule has 1 rings (SSSR count).